The molecule has 0 radical (unpaired) electrons. The molecule has 1 aliphatic heterocycles. The fourth-order valence-electron chi connectivity index (χ4n) is 3.29. The minimum Gasteiger partial charge on any atom is -0.338 e. The Hall–Kier alpha value is -2.97. The number of hydrogen-bond acceptors (Lipinski definition) is 3. The lowest BCUT2D eigenvalue weighted by Gasteiger charge is -2.15. The van der Waals surface area contributed by atoms with Gasteiger partial charge in [-0.3, -0.25) is 14.5 Å². The summed E-state index contributed by atoms with van der Waals surface area (Å²) in [5.41, 5.74) is 1.15. The number of rotatable bonds is 3. The first-order chi connectivity index (χ1) is 13.3. The van der Waals surface area contributed by atoms with E-state index in [-0.39, 0.29) is 19.0 Å². The summed E-state index contributed by atoms with van der Waals surface area (Å²) in [7, 11) is 0. The molecule has 0 aliphatic carbocycles. The molecule has 0 saturated carbocycles. The van der Waals surface area contributed by atoms with Gasteiger partial charge in [-0.15, -0.1) is 0 Å². The van der Waals surface area contributed by atoms with Crippen LogP contribution in [0.4, 0.5) is 17.6 Å². The number of alkyl halides is 4. The van der Waals surface area contributed by atoms with E-state index >= 15 is 0 Å². The zero-order valence-electron chi connectivity index (χ0n) is 14.7. The zero-order chi connectivity index (χ0) is 19.9. The molecule has 4 rings (SSSR count). The van der Waals surface area contributed by atoms with Gasteiger partial charge in [-0.2, -0.15) is 18.3 Å². The summed E-state index contributed by atoms with van der Waals surface area (Å²) in [5.74, 6) is -0.255. The Labute approximate surface area is 157 Å². The number of carbonyl (C=O) groups is 1. The number of aromatic nitrogens is 3. The first-order valence-electron chi connectivity index (χ1n) is 8.72. The van der Waals surface area contributed by atoms with Crippen LogP contribution in [0.25, 0.3) is 22.2 Å². The molecule has 9 heteroatoms. The van der Waals surface area contributed by atoms with Crippen molar-refractivity contribution in [2.75, 3.05) is 13.1 Å². The van der Waals surface area contributed by atoms with Crippen molar-refractivity contribution in [2.24, 2.45) is 0 Å². The smallest absolute Gasteiger partial charge is 0.338 e. The lowest BCUT2D eigenvalue weighted by Crippen LogP contribution is -2.32. The summed E-state index contributed by atoms with van der Waals surface area (Å²) in [4.78, 5) is 18.0. The predicted octanol–water partition coefficient (Wildman–Crippen LogP) is 3.69. The van der Waals surface area contributed by atoms with Crippen LogP contribution in [-0.4, -0.2) is 44.8 Å². The molecule has 5 nitrogen and oxygen atoms in total. The van der Waals surface area contributed by atoms with Gasteiger partial charge in [-0.1, -0.05) is 12.1 Å². The van der Waals surface area contributed by atoms with Crippen molar-refractivity contribution in [1.82, 2.24) is 19.7 Å². The van der Waals surface area contributed by atoms with Crippen LogP contribution in [0.5, 0.6) is 0 Å². The molecule has 0 N–H and O–H groups in total. The second-order valence-electron chi connectivity index (χ2n) is 6.73. The molecule has 0 spiro atoms. The minimum absolute atomic E-state index is 0.0752. The van der Waals surface area contributed by atoms with Crippen molar-refractivity contribution in [2.45, 2.75) is 25.3 Å². The number of nitrogens with zero attached hydrogens (tertiary/aromatic N) is 4. The average Bonchev–Trinajstić information content (AvgIpc) is 3.27. The van der Waals surface area contributed by atoms with Gasteiger partial charge in [-0.25, -0.2) is 4.39 Å². The molecule has 1 aliphatic rings. The Morgan fingerprint density at radius 2 is 2.00 bits per heavy atom. The third-order valence-corrected chi connectivity index (χ3v) is 4.79. The summed E-state index contributed by atoms with van der Waals surface area (Å²) >= 11 is 0. The van der Waals surface area contributed by atoms with Crippen molar-refractivity contribution in [3.05, 3.63) is 48.3 Å². The number of benzene rings is 1. The average molecular weight is 392 g/mol. The summed E-state index contributed by atoms with van der Waals surface area (Å²) in [6.45, 7) is 0.364. The van der Waals surface area contributed by atoms with Gasteiger partial charge in [0, 0.05) is 18.3 Å². The maximum Gasteiger partial charge on any atom is 0.416 e. The number of fused-ring (bicyclic) bond motifs is 1. The Morgan fingerprint density at radius 3 is 2.71 bits per heavy atom. The number of carbonyl (C=O) groups excluding carboxylic acids is 1. The predicted molar refractivity (Wildman–Crippen MR) is 94.1 cm³/mol. The summed E-state index contributed by atoms with van der Waals surface area (Å²) in [6.07, 6.45) is -2.16. The number of hydrogen-bond donors (Lipinski definition) is 0. The van der Waals surface area contributed by atoms with Gasteiger partial charge < -0.3 is 4.90 Å². The van der Waals surface area contributed by atoms with E-state index in [1.165, 1.54) is 28.0 Å². The van der Waals surface area contributed by atoms with Crippen LogP contribution in [-0.2, 0) is 17.5 Å². The van der Waals surface area contributed by atoms with Crippen LogP contribution < -0.4 is 0 Å². The molecule has 0 unspecified atom stereocenters. The Morgan fingerprint density at radius 1 is 1.18 bits per heavy atom. The van der Waals surface area contributed by atoms with Crippen LogP contribution in [0.3, 0.4) is 0 Å². The van der Waals surface area contributed by atoms with Gasteiger partial charge in [0.15, 0.2) is 0 Å². The minimum atomic E-state index is -4.44. The largest absolute Gasteiger partial charge is 0.416 e. The highest BCUT2D eigenvalue weighted by atomic mass is 19.4. The van der Waals surface area contributed by atoms with Crippen LogP contribution in [0, 0.1) is 0 Å². The van der Waals surface area contributed by atoms with E-state index in [2.05, 4.69) is 10.1 Å². The maximum atomic E-state index is 13.3. The normalized spacial score (nSPS) is 17.4. The molecule has 1 aromatic carbocycles. The van der Waals surface area contributed by atoms with Crippen LogP contribution in [0.2, 0.25) is 0 Å². The molecule has 3 aromatic rings. The van der Waals surface area contributed by atoms with Gasteiger partial charge in [0.25, 0.3) is 0 Å². The molecule has 1 amide bonds. The molecule has 1 atom stereocenters. The van der Waals surface area contributed by atoms with Crippen LogP contribution in [0.1, 0.15) is 12.0 Å². The van der Waals surface area contributed by atoms with Gasteiger partial charge in [0.05, 0.1) is 23.8 Å². The molecule has 1 fully saturated rings. The Balaban J connectivity index is 1.64. The topological polar surface area (TPSA) is 51.0 Å². The van der Waals surface area contributed by atoms with E-state index in [9.17, 15) is 22.4 Å². The van der Waals surface area contributed by atoms with Crippen molar-refractivity contribution >= 4 is 16.9 Å². The first-order valence-corrected chi connectivity index (χ1v) is 8.72. The summed E-state index contributed by atoms with van der Waals surface area (Å²) in [5, 5.41) is 4.15. The zero-order valence-corrected chi connectivity index (χ0v) is 14.7. The van der Waals surface area contributed by atoms with Crippen molar-refractivity contribution in [1.29, 1.82) is 0 Å². The van der Waals surface area contributed by atoms with Crippen LogP contribution >= 0.6 is 0 Å². The molecule has 1 saturated heterocycles. The Kier molecular flexibility index (Phi) is 4.52. The second kappa shape index (κ2) is 6.88. The summed E-state index contributed by atoms with van der Waals surface area (Å²) in [6, 6.07) is 6.62. The number of amides is 1. The van der Waals surface area contributed by atoms with Crippen molar-refractivity contribution in [3.8, 4) is 11.1 Å². The number of halogens is 4. The van der Waals surface area contributed by atoms with E-state index in [4.69, 9.17) is 0 Å². The molecular weight excluding hydrogens is 376 g/mol. The molecule has 0 bridgehead atoms. The highest BCUT2D eigenvalue weighted by Crippen LogP contribution is 2.32. The quantitative estimate of drug-likeness (QED) is 0.639. The van der Waals surface area contributed by atoms with E-state index in [1.807, 2.05) is 0 Å². The van der Waals surface area contributed by atoms with E-state index in [1.54, 1.807) is 12.1 Å². The number of pyridine rings is 1. The molecule has 146 valence electrons. The second-order valence-corrected chi connectivity index (χ2v) is 6.73. The standard InChI is InChI=1S/C19H16F4N4O/c20-15-4-5-26(10-15)18(28)11-27-17-7-13(8-24-16(17)9-25-27)12-2-1-3-14(6-12)19(21,22)23/h1-3,6-9,15H,4-5,10-11H2/t15-/m1/s1. The highest BCUT2D eigenvalue weighted by Gasteiger charge is 2.30. The third-order valence-electron chi connectivity index (χ3n) is 4.79. The SMILES string of the molecule is O=C(Cn1ncc2ncc(-c3cccc(C(F)(F)F)c3)cc21)N1CC[C@@H](F)C1. The fourth-order valence-corrected chi connectivity index (χ4v) is 3.29. The van der Waals surface area contributed by atoms with E-state index in [0.717, 1.165) is 12.1 Å². The summed E-state index contributed by atoms with van der Waals surface area (Å²) < 4.78 is 53.7. The van der Waals surface area contributed by atoms with Gasteiger partial charge in [-0.05, 0) is 30.2 Å². The molecule has 2 aromatic heterocycles. The highest BCUT2D eigenvalue weighted by molar-refractivity contribution is 5.83. The third kappa shape index (κ3) is 3.56. The lowest BCUT2D eigenvalue weighted by atomic mass is 10.0. The monoisotopic (exact) mass is 392 g/mol. The van der Waals surface area contributed by atoms with Crippen molar-refractivity contribution < 1.29 is 22.4 Å². The van der Waals surface area contributed by atoms with Gasteiger partial charge >= 0.3 is 6.18 Å². The maximum absolute atomic E-state index is 13.3. The molecule has 3 heterocycles. The van der Waals surface area contributed by atoms with E-state index < -0.39 is 17.9 Å². The lowest BCUT2D eigenvalue weighted by molar-refractivity contribution is -0.137. The van der Waals surface area contributed by atoms with Crippen LogP contribution in [0.15, 0.2) is 42.7 Å². The molecular formula is C19H16F4N4O. The van der Waals surface area contributed by atoms with Gasteiger partial charge in [0.2, 0.25) is 5.91 Å². The number of likely N-dealkylation sites (tertiary alicyclic amines) is 1. The fraction of sp³-hybridized carbons (Fsp3) is 0.316. The van der Waals surface area contributed by atoms with E-state index in [0.29, 0.717) is 35.1 Å². The first kappa shape index (κ1) is 18.4. The molecule has 28 heavy (non-hydrogen) atoms. The van der Waals surface area contributed by atoms with Gasteiger partial charge in [0.1, 0.15) is 18.2 Å². The van der Waals surface area contributed by atoms with Crippen molar-refractivity contribution in [3.63, 3.8) is 0 Å². The Bertz CT molecular complexity index is 1030.